The summed E-state index contributed by atoms with van der Waals surface area (Å²) < 4.78 is 0.989. The minimum absolute atomic E-state index is 0. The number of hydrogen-bond acceptors (Lipinski definition) is 2. The van der Waals surface area contributed by atoms with Crippen LogP contribution >= 0.6 is 39.9 Å². The van der Waals surface area contributed by atoms with Crippen LogP contribution in [0.2, 0.25) is 5.02 Å². The molecule has 0 atom stereocenters. The second-order valence-electron chi connectivity index (χ2n) is 4.08. The van der Waals surface area contributed by atoms with Gasteiger partial charge in [0.15, 0.2) is 0 Å². The fourth-order valence-corrected chi connectivity index (χ4v) is 2.21. The van der Waals surface area contributed by atoms with Crippen molar-refractivity contribution in [1.82, 2.24) is 5.32 Å². The lowest BCUT2D eigenvalue weighted by molar-refractivity contribution is -0.121. The lowest BCUT2D eigenvalue weighted by atomic mass is 10.1. The quantitative estimate of drug-likeness (QED) is 0.724. The largest absolute Gasteiger partial charge is 0.356 e. The third-order valence-electron chi connectivity index (χ3n) is 2.58. The van der Waals surface area contributed by atoms with Crippen molar-refractivity contribution in [2.45, 2.75) is 25.7 Å². The maximum atomic E-state index is 11.6. The molecule has 0 aliphatic rings. The first kappa shape index (κ1) is 18.7. The predicted octanol–water partition coefficient (Wildman–Crippen LogP) is 3.31. The van der Waals surface area contributed by atoms with E-state index >= 15 is 0 Å². The summed E-state index contributed by atoms with van der Waals surface area (Å²) in [4.78, 5) is 11.6. The number of rotatable bonds is 7. The van der Waals surface area contributed by atoms with Crippen LogP contribution in [0.15, 0.2) is 22.7 Å². The fraction of sp³-hybridized carbons (Fsp3) is 0.462. The molecule has 0 aromatic heterocycles. The molecule has 3 nitrogen and oxygen atoms in total. The van der Waals surface area contributed by atoms with Crippen LogP contribution in [0, 0.1) is 0 Å². The molecular weight excluding hydrogens is 351 g/mol. The smallest absolute Gasteiger partial charge is 0.220 e. The Morgan fingerprint density at radius 2 is 2.11 bits per heavy atom. The Labute approximate surface area is 133 Å². The van der Waals surface area contributed by atoms with E-state index in [2.05, 4.69) is 21.2 Å². The Morgan fingerprint density at radius 1 is 1.37 bits per heavy atom. The lowest BCUT2D eigenvalue weighted by Crippen LogP contribution is -2.25. The molecule has 0 saturated carbocycles. The van der Waals surface area contributed by atoms with Crippen molar-refractivity contribution < 1.29 is 4.79 Å². The summed E-state index contributed by atoms with van der Waals surface area (Å²) >= 11 is 9.37. The Kier molecular flexibility index (Phi) is 10.3. The zero-order chi connectivity index (χ0) is 13.4. The highest BCUT2D eigenvalue weighted by Gasteiger charge is 2.05. The van der Waals surface area contributed by atoms with Gasteiger partial charge in [-0.1, -0.05) is 27.5 Å². The van der Waals surface area contributed by atoms with E-state index in [0.717, 1.165) is 22.9 Å². The minimum atomic E-state index is 0. The number of unbranched alkanes of at least 4 members (excludes halogenated alkanes) is 1. The molecule has 1 aromatic carbocycles. The third kappa shape index (κ3) is 7.78. The molecule has 6 heteroatoms. The van der Waals surface area contributed by atoms with Crippen molar-refractivity contribution in [2.75, 3.05) is 13.1 Å². The van der Waals surface area contributed by atoms with E-state index in [9.17, 15) is 4.79 Å². The van der Waals surface area contributed by atoms with Gasteiger partial charge >= 0.3 is 0 Å². The van der Waals surface area contributed by atoms with Crippen LogP contribution in [0.5, 0.6) is 0 Å². The van der Waals surface area contributed by atoms with Gasteiger partial charge in [0.1, 0.15) is 0 Å². The first-order valence-corrected chi connectivity index (χ1v) is 7.21. The highest BCUT2D eigenvalue weighted by molar-refractivity contribution is 9.10. The molecule has 0 radical (unpaired) electrons. The Morgan fingerprint density at radius 3 is 2.79 bits per heavy atom. The first-order valence-electron chi connectivity index (χ1n) is 6.04. The summed E-state index contributed by atoms with van der Waals surface area (Å²) in [5, 5.41) is 3.57. The van der Waals surface area contributed by atoms with Gasteiger partial charge in [-0.3, -0.25) is 4.79 Å². The number of benzene rings is 1. The number of carbonyl (C=O) groups excluding carboxylic acids is 1. The maximum absolute atomic E-state index is 11.6. The molecule has 0 spiro atoms. The van der Waals surface area contributed by atoms with E-state index in [1.807, 2.05) is 18.2 Å². The molecule has 0 saturated heterocycles. The topological polar surface area (TPSA) is 55.1 Å². The van der Waals surface area contributed by atoms with E-state index in [1.54, 1.807) is 0 Å². The van der Waals surface area contributed by atoms with Gasteiger partial charge in [0.25, 0.3) is 0 Å². The Hall–Kier alpha value is -0.290. The normalized spacial score (nSPS) is 9.84. The van der Waals surface area contributed by atoms with Crippen LogP contribution in [-0.2, 0) is 11.2 Å². The third-order valence-corrected chi connectivity index (χ3v) is 3.59. The van der Waals surface area contributed by atoms with E-state index < -0.39 is 0 Å². The van der Waals surface area contributed by atoms with Crippen LogP contribution in [0.4, 0.5) is 0 Å². The number of carbonyl (C=O) groups is 1. The molecule has 0 aliphatic carbocycles. The first-order chi connectivity index (χ1) is 8.63. The molecule has 3 N–H and O–H groups in total. The zero-order valence-electron chi connectivity index (χ0n) is 10.6. The predicted molar refractivity (Wildman–Crippen MR) is 86.0 cm³/mol. The molecule has 0 bridgehead atoms. The average Bonchev–Trinajstić information content (AvgIpc) is 2.36. The fourth-order valence-electron chi connectivity index (χ4n) is 1.57. The number of hydrogen-bond donors (Lipinski definition) is 2. The van der Waals surface area contributed by atoms with Crippen LogP contribution in [0.3, 0.4) is 0 Å². The van der Waals surface area contributed by atoms with Crippen molar-refractivity contribution in [1.29, 1.82) is 0 Å². The van der Waals surface area contributed by atoms with Crippen molar-refractivity contribution >= 4 is 45.8 Å². The minimum Gasteiger partial charge on any atom is -0.356 e. The van der Waals surface area contributed by atoms with Gasteiger partial charge in [0.05, 0.1) is 0 Å². The number of aryl methyl sites for hydroxylation is 1. The Balaban J connectivity index is 0.00000324. The van der Waals surface area contributed by atoms with Gasteiger partial charge in [-0.25, -0.2) is 0 Å². The summed E-state index contributed by atoms with van der Waals surface area (Å²) in [6.45, 7) is 1.37. The SMILES string of the molecule is Cl.NCCCCNC(=O)CCc1cc(Cl)ccc1Br. The molecular formula is C13H19BrCl2N2O. The lowest BCUT2D eigenvalue weighted by Gasteiger charge is -2.06. The summed E-state index contributed by atoms with van der Waals surface area (Å²) in [5.74, 6) is 0.0684. The van der Waals surface area contributed by atoms with E-state index in [1.165, 1.54) is 0 Å². The van der Waals surface area contributed by atoms with Crippen molar-refractivity contribution in [2.24, 2.45) is 5.73 Å². The van der Waals surface area contributed by atoms with Crippen LogP contribution < -0.4 is 11.1 Å². The maximum Gasteiger partial charge on any atom is 0.220 e. The second-order valence-corrected chi connectivity index (χ2v) is 5.37. The molecule has 0 fully saturated rings. The number of halogens is 3. The Bertz CT molecular complexity index is 402. The number of nitrogens with two attached hydrogens (primary N) is 1. The van der Waals surface area contributed by atoms with Gasteiger partial charge in [0, 0.05) is 22.5 Å². The molecule has 0 heterocycles. The number of amides is 1. The van der Waals surface area contributed by atoms with Gasteiger partial charge < -0.3 is 11.1 Å². The molecule has 0 unspecified atom stereocenters. The van der Waals surface area contributed by atoms with Crippen LogP contribution in [-0.4, -0.2) is 19.0 Å². The molecule has 1 aromatic rings. The van der Waals surface area contributed by atoms with E-state index in [-0.39, 0.29) is 18.3 Å². The molecule has 0 aliphatic heterocycles. The summed E-state index contributed by atoms with van der Waals surface area (Å²) in [6.07, 6.45) is 3.04. The van der Waals surface area contributed by atoms with Gasteiger partial charge in [0.2, 0.25) is 5.91 Å². The molecule has 19 heavy (non-hydrogen) atoms. The van der Waals surface area contributed by atoms with Gasteiger partial charge in [-0.15, -0.1) is 12.4 Å². The second kappa shape index (κ2) is 10.5. The monoisotopic (exact) mass is 368 g/mol. The summed E-state index contributed by atoms with van der Waals surface area (Å²) in [6, 6.07) is 5.60. The van der Waals surface area contributed by atoms with Crippen LogP contribution in [0.1, 0.15) is 24.8 Å². The van der Waals surface area contributed by atoms with Crippen molar-refractivity contribution in [3.05, 3.63) is 33.3 Å². The molecule has 1 rings (SSSR count). The van der Waals surface area contributed by atoms with Crippen LogP contribution in [0.25, 0.3) is 0 Å². The average molecular weight is 370 g/mol. The highest BCUT2D eigenvalue weighted by atomic mass is 79.9. The standard InChI is InChI=1S/C13H18BrClN2O.ClH/c14-12-5-4-11(15)9-10(12)3-6-13(18)17-8-2-1-7-16;/h4-5,9H,1-3,6-8,16H2,(H,17,18);1H. The molecule has 108 valence electrons. The zero-order valence-corrected chi connectivity index (χ0v) is 13.8. The highest BCUT2D eigenvalue weighted by Crippen LogP contribution is 2.22. The molecule has 1 amide bonds. The van der Waals surface area contributed by atoms with Gasteiger partial charge in [-0.2, -0.15) is 0 Å². The number of nitrogens with one attached hydrogen (secondary N) is 1. The van der Waals surface area contributed by atoms with Crippen molar-refractivity contribution in [3.8, 4) is 0 Å². The van der Waals surface area contributed by atoms with Crippen molar-refractivity contribution in [3.63, 3.8) is 0 Å². The summed E-state index contributed by atoms with van der Waals surface area (Å²) in [7, 11) is 0. The summed E-state index contributed by atoms with van der Waals surface area (Å²) in [5.41, 5.74) is 6.44. The van der Waals surface area contributed by atoms with E-state index in [4.69, 9.17) is 17.3 Å². The van der Waals surface area contributed by atoms with Gasteiger partial charge in [-0.05, 0) is 49.6 Å². The van der Waals surface area contributed by atoms with E-state index in [0.29, 0.717) is 31.0 Å².